The number of carbonyl (C=O) groups is 1. The molecule has 1 fully saturated rings. The van der Waals surface area contributed by atoms with Crippen molar-refractivity contribution in [3.05, 3.63) is 18.2 Å². The molecule has 1 aliphatic heterocycles. The summed E-state index contributed by atoms with van der Waals surface area (Å²) >= 11 is 0. The van der Waals surface area contributed by atoms with Gasteiger partial charge in [0.2, 0.25) is 5.91 Å². The van der Waals surface area contributed by atoms with E-state index in [1.165, 1.54) is 0 Å². The molecule has 1 aliphatic rings. The van der Waals surface area contributed by atoms with Crippen LogP contribution in [0.3, 0.4) is 0 Å². The molecule has 1 unspecified atom stereocenters. The highest BCUT2D eigenvalue weighted by Crippen LogP contribution is 2.23. The fourth-order valence-corrected chi connectivity index (χ4v) is 2.55. The Bertz CT molecular complexity index is 644. The molecule has 0 aliphatic carbocycles. The van der Waals surface area contributed by atoms with Crippen LogP contribution >= 0.6 is 0 Å². The molecule has 0 spiro atoms. The molecule has 21 heavy (non-hydrogen) atoms. The normalized spacial score (nSPS) is 18.1. The van der Waals surface area contributed by atoms with Crippen molar-refractivity contribution in [1.82, 2.24) is 10.3 Å². The van der Waals surface area contributed by atoms with Crippen LogP contribution in [0.2, 0.25) is 0 Å². The summed E-state index contributed by atoms with van der Waals surface area (Å²) in [7, 11) is 3.75. The number of anilines is 2. The van der Waals surface area contributed by atoms with Gasteiger partial charge in [0.15, 0.2) is 5.58 Å². The zero-order valence-corrected chi connectivity index (χ0v) is 12.3. The van der Waals surface area contributed by atoms with Gasteiger partial charge in [-0.05, 0) is 37.6 Å². The molecule has 3 rings (SSSR count). The van der Waals surface area contributed by atoms with Crippen LogP contribution in [0.1, 0.15) is 19.3 Å². The predicted molar refractivity (Wildman–Crippen MR) is 82.6 cm³/mol. The minimum absolute atomic E-state index is 0.0325. The van der Waals surface area contributed by atoms with E-state index in [0.717, 1.165) is 30.6 Å². The van der Waals surface area contributed by atoms with Crippen LogP contribution in [0.5, 0.6) is 0 Å². The Morgan fingerprint density at radius 3 is 3.10 bits per heavy atom. The first kappa shape index (κ1) is 13.9. The predicted octanol–water partition coefficient (Wildman–Crippen LogP) is 1.97. The van der Waals surface area contributed by atoms with Crippen LogP contribution in [-0.2, 0) is 4.79 Å². The van der Waals surface area contributed by atoms with Crippen LogP contribution in [0.4, 0.5) is 11.7 Å². The lowest BCUT2D eigenvalue weighted by molar-refractivity contribution is -0.116. The average molecular weight is 288 g/mol. The van der Waals surface area contributed by atoms with Crippen LogP contribution in [0.15, 0.2) is 22.6 Å². The van der Waals surface area contributed by atoms with Crippen LogP contribution in [0.25, 0.3) is 11.1 Å². The van der Waals surface area contributed by atoms with Gasteiger partial charge in [-0.1, -0.05) is 0 Å². The number of benzene rings is 1. The lowest BCUT2D eigenvalue weighted by Gasteiger charge is -2.10. The fraction of sp³-hybridized carbons (Fsp3) is 0.467. The monoisotopic (exact) mass is 288 g/mol. The molecule has 2 N–H and O–H groups in total. The van der Waals surface area contributed by atoms with Crippen molar-refractivity contribution in [2.24, 2.45) is 0 Å². The third kappa shape index (κ3) is 3.16. The van der Waals surface area contributed by atoms with Gasteiger partial charge in [-0.2, -0.15) is 4.98 Å². The van der Waals surface area contributed by atoms with Gasteiger partial charge < -0.3 is 20.0 Å². The number of amides is 1. The van der Waals surface area contributed by atoms with Gasteiger partial charge >= 0.3 is 0 Å². The molecule has 6 heteroatoms. The van der Waals surface area contributed by atoms with E-state index in [-0.39, 0.29) is 5.91 Å². The zero-order valence-electron chi connectivity index (χ0n) is 12.3. The van der Waals surface area contributed by atoms with Gasteiger partial charge in [-0.15, -0.1) is 0 Å². The van der Waals surface area contributed by atoms with Crippen LogP contribution in [-0.4, -0.2) is 37.6 Å². The lowest BCUT2D eigenvalue weighted by atomic mass is 10.1. The fourth-order valence-electron chi connectivity index (χ4n) is 2.55. The second-order valence-electron chi connectivity index (χ2n) is 5.62. The smallest absolute Gasteiger partial charge is 0.297 e. The minimum Gasteiger partial charge on any atom is -0.423 e. The number of hydrogen-bond donors (Lipinski definition) is 2. The molecule has 6 nitrogen and oxygen atoms in total. The standard InChI is InChI=1S/C15H20N4O2/c1-19(2)15-18-12-8-11(5-6-13(12)21-15)17-14(20)9-10-4-3-7-16-10/h5-6,8,10,16H,3-4,7,9H2,1-2H3,(H,17,20). The summed E-state index contributed by atoms with van der Waals surface area (Å²) < 4.78 is 5.59. The number of hydrogen-bond acceptors (Lipinski definition) is 5. The summed E-state index contributed by atoms with van der Waals surface area (Å²) in [6.07, 6.45) is 2.73. The number of oxazole rings is 1. The first-order valence-corrected chi connectivity index (χ1v) is 7.23. The molecule has 1 atom stereocenters. The van der Waals surface area contributed by atoms with Crippen molar-refractivity contribution >= 4 is 28.7 Å². The Balaban J connectivity index is 1.70. The summed E-state index contributed by atoms with van der Waals surface area (Å²) in [4.78, 5) is 18.2. The molecule has 2 aromatic rings. The summed E-state index contributed by atoms with van der Waals surface area (Å²) in [5, 5.41) is 6.25. The van der Waals surface area contributed by atoms with Gasteiger partial charge in [0.25, 0.3) is 6.01 Å². The minimum atomic E-state index is 0.0325. The van der Waals surface area contributed by atoms with E-state index in [1.54, 1.807) is 0 Å². The summed E-state index contributed by atoms with van der Waals surface area (Å²) in [5.41, 5.74) is 2.22. The van der Waals surface area contributed by atoms with Crippen molar-refractivity contribution in [1.29, 1.82) is 0 Å². The Morgan fingerprint density at radius 2 is 2.38 bits per heavy atom. The van der Waals surface area contributed by atoms with Crippen LogP contribution < -0.4 is 15.5 Å². The maximum absolute atomic E-state index is 12.0. The van der Waals surface area contributed by atoms with Crippen molar-refractivity contribution in [2.75, 3.05) is 30.9 Å². The molecule has 0 radical (unpaired) electrons. The SMILES string of the molecule is CN(C)c1nc2cc(NC(=O)CC3CCCN3)ccc2o1. The lowest BCUT2D eigenvalue weighted by Crippen LogP contribution is -2.27. The Morgan fingerprint density at radius 1 is 1.52 bits per heavy atom. The number of nitrogens with one attached hydrogen (secondary N) is 2. The Labute approximate surface area is 123 Å². The highest BCUT2D eigenvalue weighted by Gasteiger charge is 2.18. The number of nitrogens with zero attached hydrogens (tertiary/aromatic N) is 2. The van der Waals surface area contributed by atoms with Crippen molar-refractivity contribution < 1.29 is 9.21 Å². The first-order chi connectivity index (χ1) is 10.1. The molecule has 2 heterocycles. The Kier molecular flexibility index (Phi) is 3.79. The van der Waals surface area contributed by atoms with E-state index >= 15 is 0 Å². The van der Waals surface area contributed by atoms with Gasteiger partial charge in [-0.25, -0.2) is 0 Å². The van der Waals surface area contributed by atoms with E-state index in [1.807, 2.05) is 37.2 Å². The molecule has 0 bridgehead atoms. The molecule has 1 aromatic carbocycles. The van der Waals surface area contributed by atoms with E-state index < -0.39 is 0 Å². The van der Waals surface area contributed by atoms with Gasteiger partial charge in [0.05, 0.1) is 0 Å². The second kappa shape index (κ2) is 5.73. The maximum atomic E-state index is 12.0. The largest absolute Gasteiger partial charge is 0.423 e. The molecule has 1 aromatic heterocycles. The first-order valence-electron chi connectivity index (χ1n) is 7.23. The quantitative estimate of drug-likeness (QED) is 0.900. The number of carbonyl (C=O) groups excluding carboxylic acids is 1. The number of rotatable bonds is 4. The summed E-state index contributed by atoms with van der Waals surface area (Å²) in [6.45, 7) is 1.01. The topological polar surface area (TPSA) is 70.4 Å². The Hall–Kier alpha value is -2.08. The van der Waals surface area contributed by atoms with Gasteiger partial charge in [0, 0.05) is 32.2 Å². The van der Waals surface area contributed by atoms with Crippen LogP contribution in [0, 0.1) is 0 Å². The summed E-state index contributed by atoms with van der Waals surface area (Å²) in [5.74, 6) is 0.0325. The van der Waals surface area contributed by atoms with E-state index in [4.69, 9.17) is 4.42 Å². The molecule has 112 valence electrons. The zero-order chi connectivity index (χ0) is 14.8. The van der Waals surface area contributed by atoms with E-state index in [2.05, 4.69) is 15.6 Å². The van der Waals surface area contributed by atoms with E-state index in [0.29, 0.717) is 24.1 Å². The van der Waals surface area contributed by atoms with Crippen molar-refractivity contribution in [3.63, 3.8) is 0 Å². The van der Waals surface area contributed by atoms with Gasteiger partial charge in [0.1, 0.15) is 5.52 Å². The van der Waals surface area contributed by atoms with Crippen molar-refractivity contribution in [3.8, 4) is 0 Å². The molecule has 1 saturated heterocycles. The number of aromatic nitrogens is 1. The average Bonchev–Trinajstić information content (AvgIpc) is 3.06. The third-order valence-electron chi connectivity index (χ3n) is 3.64. The molecular formula is C15H20N4O2. The highest BCUT2D eigenvalue weighted by atomic mass is 16.4. The van der Waals surface area contributed by atoms with E-state index in [9.17, 15) is 4.79 Å². The summed E-state index contributed by atoms with van der Waals surface area (Å²) in [6, 6.07) is 6.38. The highest BCUT2D eigenvalue weighted by molar-refractivity contribution is 5.93. The molecule has 1 amide bonds. The van der Waals surface area contributed by atoms with Crippen molar-refractivity contribution in [2.45, 2.75) is 25.3 Å². The van der Waals surface area contributed by atoms with Gasteiger partial charge in [-0.3, -0.25) is 4.79 Å². The third-order valence-corrected chi connectivity index (χ3v) is 3.64. The molecular weight excluding hydrogens is 268 g/mol. The second-order valence-corrected chi connectivity index (χ2v) is 5.62. The number of fused-ring (bicyclic) bond motifs is 1. The maximum Gasteiger partial charge on any atom is 0.297 e. The molecule has 0 saturated carbocycles.